The average molecular weight is 419 g/mol. The van der Waals surface area contributed by atoms with E-state index in [9.17, 15) is 14.4 Å². The van der Waals surface area contributed by atoms with Crippen LogP contribution in [0.5, 0.6) is 0 Å². The topological polar surface area (TPSA) is 99.8 Å². The Hall–Kier alpha value is -3.75. The molecule has 9 nitrogen and oxygen atoms in total. The van der Waals surface area contributed by atoms with Crippen LogP contribution in [0.2, 0.25) is 0 Å². The van der Waals surface area contributed by atoms with Crippen molar-refractivity contribution in [1.82, 2.24) is 19.8 Å². The average Bonchev–Trinajstić information content (AvgIpc) is 3.33. The summed E-state index contributed by atoms with van der Waals surface area (Å²) in [4.78, 5) is 51.6. The van der Waals surface area contributed by atoms with Gasteiger partial charge in [0.15, 0.2) is 5.58 Å². The number of rotatable bonds is 4. The Morgan fingerprint density at radius 1 is 1.03 bits per heavy atom. The summed E-state index contributed by atoms with van der Waals surface area (Å²) in [6, 6.07) is 10.4. The largest absolute Gasteiger partial charge is 0.422 e. The third-order valence-electron chi connectivity index (χ3n) is 5.79. The number of hydrogen-bond donors (Lipinski definition) is 0. The quantitative estimate of drug-likeness (QED) is 0.596. The van der Waals surface area contributed by atoms with E-state index >= 15 is 0 Å². The highest BCUT2D eigenvalue weighted by Crippen LogP contribution is 2.26. The second-order valence-corrected chi connectivity index (χ2v) is 7.77. The van der Waals surface area contributed by atoms with Crippen molar-refractivity contribution in [2.24, 2.45) is 0 Å². The molecule has 0 bridgehead atoms. The number of nitrogens with zero attached hydrogens (tertiary/aromatic N) is 5. The maximum atomic E-state index is 12.8. The number of imide groups is 1. The van der Waals surface area contributed by atoms with Gasteiger partial charge < -0.3 is 14.2 Å². The van der Waals surface area contributed by atoms with Crippen molar-refractivity contribution >= 4 is 35.0 Å². The Bertz CT molecular complexity index is 1110. The predicted molar refractivity (Wildman–Crippen MR) is 112 cm³/mol. The van der Waals surface area contributed by atoms with Crippen LogP contribution >= 0.6 is 0 Å². The molecular formula is C22H21N5O4. The van der Waals surface area contributed by atoms with Gasteiger partial charge in [-0.05, 0) is 31.2 Å². The highest BCUT2D eigenvalue weighted by Gasteiger charge is 2.39. The van der Waals surface area contributed by atoms with Gasteiger partial charge in [0.1, 0.15) is 0 Å². The van der Waals surface area contributed by atoms with Gasteiger partial charge in [-0.2, -0.15) is 4.98 Å². The van der Waals surface area contributed by atoms with Gasteiger partial charge in [0.25, 0.3) is 17.8 Å². The molecule has 4 heterocycles. The first-order chi connectivity index (χ1) is 15.0. The smallest absolute Gasteiger partial charge is 0.300 e. The number of carbonyl (C=O) groups is 3. The highest BCUT2D eigenvalue weighted by molar-refractivity contribution is 6.21. The predicted octanol–water partition coefficient (Wildman–Crippen LogP) is 1.95. The molecule has 1 atom stereocenters. The molecule has 2 aliphatic rings. The molecule has 0 radical (unpaired) electrons. The standard InChI is InChI=1S/C22H21N5O4/c1-14(27-20(29)15-5-2-3-6-16(15)21(27)30)13-18(28)25-9-11-26(12-10-25)22-24-19-17(31-22)7-4-8-23-19/h2-8,14H,9-13H2,1H3/t14-/m1/s1. The minimum Gasteiger partial charge on any atom is -0.422 e. The summed E-state index contributed by atoms with van der Waals surface area (Å²) in [5, 5.41) is 0. The van der Waals surface area contributed by atoms with Crippen LogP contribution in [0.15, 0.2) is 47.0 Å². The summed E-state index contributed by atoms with van der Waals surface area (Å²) in [6.07, 6.45) is 1.76. The Labute approximate surface area is 178 Å². The maximum absolute atomic E-state index is 12.8. The number of anilines is 1. The van der Waals surface area contributed by atoms with Gasteiger partial charge in [0.05, 0.1) is 11.1 Å². The third-order valence-corrected chi connectivity index (χ3v) is 5.79. The second-order valence-electron chi connectivity index (χ2n) is 7.77. The monoisotopic (exact) mass is 419 g/mol. The van der Waals surface area contributed by atoms with Crippen LogP contribution in [0.4, 0.5) is 6.01 Å². The number of carbonyl (C=O) groups excluding carboxylic acids is 3. The number of oxazole rings is 1. The molecule has 9 heteroatoms. The van der Waals surface area contributed by atoms with Gasteiger partial charge in [-0.3, -0.25) is 19.3 Å². The molecule has 5 rings (SSSR count). The molecule has 2 aromatic heterocycles. The Morgan fingerprint density at radius 3 is 2.35 bits per heavy atom. The summed E-state index contributed by atoms with van der Waals surface area (Å²) in [5.41, 5.74) is 1.98. The SMILES string of the molecule is C[C@H](CC(=O)N1CCN(c2nc3ncccc3o2)CC1)N1C(=O)c2ccccc2C1=O. The normalized spacial score (nSPS) is 17.4. The van der Waals surface area contributed by atoms with E-state index in [1.807, 2.05) is 11.0 Å². The molecule has 158 valence electrons. The highest BCUT2D eigenvalue weighted by atomic mass is 16.4. The summed E-state index contributed by atoms with van der Waals surface area (Å²) in [7, 11) is 0. The van der Waals surface area contributed by atoms with E-state index in [-0.39, 0.29) is 24.1 Å². The molecule has 2 aliphatic heterocycles. The lowest BCUT2D eigenvalue weighted by Gasteiger charge is -2.34. The van der Waals surface area contributed by atoms with Crippen LogP contribution in [-0.2, 0) is 4.79 Å². The van der Waals surface area contributed by atoms with Gasteiger partial charge in [0, 0.05) is 44.8 Å². The van der Waals surface area contributed by atoms with Crippen LogP contribution in [0, 0.1) is 0 Å². The van der Waals surface area contributed by atoms with Crippen molar-refractivity contribution in [3.05, 3.63) is 53.7 Å². The fourth-order valence-electron chi connectivity index (χ4n) is 4.12. The van der Waals surface area contributed by atoms with Crippen LogP contribution in [0.25, 0.3) is 11.2 Å². The van der Waals surface area contributed by atoms with Crippen molar-refractivity contribution in [3.63, 3.8) is 0 Å². The number of aromatic nitrogens is 2. The third kappa shape index (κ3) is 3.31. The van der Waals surface area contributed by atoms with Crippen LogP contribution in [-0.4, -0.2) is 69.7 Å². The zero-order valence-electron chi connectivity index (χ0n) is 17.0. The fourth-order valence-corrected chi connectivity index (χ4v) is 4.12. The van der Waals surface area contributed by atoms with Crippen molar-refractivity contribution in [2.75, 3.05) is 31.1 Å². The molecule has 0 aliphatic carbocycles. The first-order valence-corrected chi connectivity index (χ1v) is 10.2. The first kappa shape index (κ1) is 19.2. The molecule has 3 amide bonds. The number of pyridine rings is 1. The van der Waals surface area contributed by atoms with Crippen molar-refractivity contribution in [2.45, 2.75) is 19.4 Å². The first-order valence-electron chi connectivity index (χ1n) is 10.2. The van der Waals surface area contributed by atoms with E-state index < -0.39 is 6.04 Å². The van der Waals surface area contributed by atoms with Crippen LogP contribution in [0.3, 0.4) is 0 Å². The maximum Gasteiger partial charge on any atom is 0.300 e. The number of hydrogen-bond acceptors (Lipinski definition) is 7. The van der Waals surface area contributed by atoms with Gasteiger partial charge in [-0.15, -0.1) is 0 Å². The van der Waals surface area contributed by atoms with Crippen molar-refractivity contribution < 1.29 is 18.8 Å². The molecule has 31 heavy (non-hydrogen) atoms. The van der Waals surface area contributed by atoms with Gasteiger partial charge >= 0.3 is 0 Å². The Balaban J connectivity index is 1.20. The number of piperazine rings is 1. The zero-order chi connectivity index (χ0) is 21.5. The molecule has 1 fully saturated rings. The molecule has 3 aromatic rings. The molecular weight excluding hydrogens is 398 g/mol. The molecule has 0 N–H and O–H groups in total. The van der Waals surface area contributed by atoms with Crippen LogP contribution < -0.4 is 4.90 Å². The van der Waals surface area contributed by atoms with Crippen molar-refractivity contribution in [3.8, 4) is 0 Å². The molecule has 0 saturated carbocycles. The van der Waals surface area contributed by atoms with Gasteiger partial charge in [-0.1, -0.05) is 12.1 Å². The Kier molecular flexibility index (Phi) is 4.65. The number of benzene rings is 1. The van der Waals surface area contributed by atoms with Gasteiger partial charge in [-0.25, -0.2) is 4.98 Å². The van der Waals surface area contributed by atoms with E-state index in [1.165, 1.54) is 4.90 Å². The summed E-state index contributed by atoms with van der Waals surface area (Å²) >= 11 is 0. The molecule has 0 spiro atoms. The Morgan fingerprint density at radius 2 is 1.71 bits per heavy atom. The van der Waals surface area contributed by atoms with E-state index in [2.05, 4.69) is 9.97 Å². The van der Waals surface area contributed by atoms with E-state index in [4.69, 9.17) is 4.42 Å². The minimum atomic E-state index is -0.513. The van der Waals surface area contributed by atoms with E-state index in [0.29, 0.717) is 54.6 Å². The summed E-state index contributed by atoms with van der Waals surface area (Å²) in [6.45, 7) is 3.93. The summed E-state index contributed by atoms with van der Waals surface area (Å²) < 4.78 is 5.76. The van der Waals surface area contributed by atoms with Crippen LogP contribution in [0.1, 0.15) is 34.1 Å². The molecule has 1 aromatic carbocycles. The van der Waals surface area contributed by atoms with Gasteiger partial charge in [0.2, 0.25) is 11.6 Å². The number of amides is 3. The summed E-state index contributed by atoms with van der Waals surface area (Å²) in [5.74, 6) is -0.756. The lowest BCUT2D eigenvalue weighted by atomic mass is 10.1. The zero-order valence-corrected chi connectivity index (χ0v) is 17.0. The van der Waals surface area contributed by atoms with E-state index in [1.54, 1.807) is 48.4 Å². The van der Waals surface area contributed by atoms with Crippen molar-refractivity contribution in [1.29, 1.82) is 0 Å². The second kappa shape index (κ2) is 7.50. The molecule has 0 unspecified atom stereocenters. The lowest BCUT2D eigenvalue weighted by molar-refractivity contribution is -0.132. The fraction of sp³-hybridized carbons (Fsp3) is 0.318. The van der Waals surface area contributed by atoms with E-state index in [0.717, 1.165) is 0 Å². The lowest BCUT2D eigenvalue weighted by Crippen LogP contribution is -2.50. The minimum absolute atomic E-state index is 0.0806. The number of fused-ring (bicyclic) bond motifs is 2. The molecule has 1 saturated heterocycles.